The largest absolute Gasteiger partial charge is 0.383 e. The van der Waals surface area contributed by atoms with Crippen LogP contribution in [-0.2, 0) is 23.1 Å². The lowest BCUT2D eigenvalue weighted by Gasteiger charge is -2.26. The third-order valence-electron chi connectivity index (χ3n) is 4.71. The molecule has 1 aromatic rings. The van der Waals surface area contributed by atoms with Crippen molar-refractivity contribution in [3.05, 3.63) is 17.0 Å². The van der Waals surface area contributed by atoms with Crippen LogP contribution in [0.4, 0.5) is 0 Å². The van der Waals surface area contributed by atoms with Crippen molar-refractivity contribution in [2.75, 3.05) is 20.3 Å². The first-order chi connectivity index (χ1) is 10.4. The van der Waals surface area contributed by atoms with Crippen molar-refractivity contribution in [3.63, 3.8) is 0 Å². The Morgan fingerprint density at radius 2 is 2.18 bits per heavy atom. The molecule has 1 aromatic heterocycles. The minimum absolute atomic E-state index is 0.0594. The number of nitrogens with two attached hydrogens (primary N) is 1. The van der Waals surface area contributed by atoms with Crippen LogP contribution in [0.25, 0.3) is 0 Å². The molecule has 1 fully saturated rings. The number of hydrogen-bond acceptors (Lipinski definition) is 4. The third-order valence-corrected chi connectivity index (χ3v) is 4.71. The van der Waals surface area contributed by atoms with Crippen LogP contribution in [0.2, 0.25) is 0 Å². The number of hydrogen-bond donors (Lipinski definition) is 1. The number of aryl methyl sites for hydroxylation is 2. The fourth-order valence-corrected chi connectivity index (χ4v) is 3.20. The third kappa shape index (κ3) is 3.67. The quantitative estimate of drug-likeness (QED) is 0.855. The summed E-state index contributed by atoms with van der Waals surface area (Å²) in [6.07, 6.45) is 2.64. The number of aromatic nitrogens is 2. The Morgan fingerprint density at radius 1 is 1.45 bits per heavy atom. The van der Waals surface area contributed by atoms with Crippen LogP contribution in [0.15, 0.2) is 0 Å². The number of carbonyl (C=O) groups excluding carboxylic acids is 1. The first kappa shape index (κ1) is 17.0. The van der Waals surface area contributed by atoms with Gasteiger partial charge < -0.3 is 15.4 Å². The zero-order valence-corrected chi connectivity index (χ0v) is 14.1. The van der Waals surface area contributed by atoms with E-state index in [1.54, 1.807) is 7.11 Å². The predicted molar refractivity (Wildman–Crippen MR) is 85.3 cm³/mol. The van der Waals surface area contributed by atoms with Crippen LogP contribution in [0.1, 0.15) is 36.2 Å². The van der Waals surface area contributed by atoms with Crippen molar-refractivity contribution in [1.29, 1.82) is 0 Å². The summed E-state index contributed by atoms with van der Waals surface area (Å²) in [5.41, 5.74) is 9.18. The molecule has 0 aliphatic heterocycles. The molecule has 1 aliphatic carbocycles. The summed E-state index contributed by atoms with van der Waals surface area (Å²) in [6, 6.07) is 0.167. The highest BCUT2D eigenvalue weighted by Gasteiger charge is 2.31. The van der Waals surface area contributed by atoms with E-state index in [2.05, 4.69) is 5.10 Å². The number of amides is 1. The Bertz CT molecular complexity index is 526. The Balaban J connectivity index is 2.13. The van der Waals surface area contributed by atoms with E-state index >= 15 is 0 Å². The van der Waals surface area contributed by atoms with Crippen molar-refractivity contribution in [2.24, 2.45) is 18.7 Å². The second-order valence-corrected chi connectivity index (χ2v) is 6.30. The lowest BCUT2D eigenvalue weighted by atomic mass is 10.1. The Hall–Kier alpha value is -1.40. The minimum atomic E-state index is 0.0594. The molecule has 1 aliphatic rings. The molecule has 0 radical (unpaired) electrons. The van der Waals surface area contributed by atoms with Gasteiger partial charge in [0.05, 0.1) is 12.3 Å². The zero-order chi connectivity index (χ0) is 16.3. The van der Waals surface area contributed by atoms with Crippen LogP contribution in [-0.4, -0.2) is 46.9 Å². The minimum Gasteiger partial charge on any atom is -0.383 e. The normalized spacial score (nSPS) is 21.3. The summed E-state index contributed by atoms with van der Waals surface area (Å²) in [7, 11) is 3.60. The second kappa shape index (κ2) is 7.24. The second-order valence-electron chi connectivity index (χ2n) is 6.30. The van der Waals surface area contributed by atoms with E-state index in [0.29, 0.717) is 19.7 Å². The highest BCUT2D eigenvalue weighted by molar-refractivity contribution is 5.79. The molecule has 0 spiro atoms. The average Bonchev–Trinajstić information content (AvgIpc) is 3.01. The summed E-state index contributed by atoms with van der Waals surface area (Å²) in [6.45, 7) is 5.78. The SMILES string of the molecule is COCCN(Cc1c(C)nn(C)c1C)C(=O)[C@H]1CC[C@@H](N)C1. The maximum absolute atomic E-state index is 12.8. The van der Waals surface area contributed by atoms with E-state index in [0.717, 1.165) is 36.2 Å². The van der Waals surface area contributed by atoms with Gasteiger partial charge in [-0.25, -0.2) is 0 Å². The maximum atomic E-state index is 12.8. The van der Waals surface area contributed by atoms with Crippen molar-refractivity contribution in [2.45, 2.75) is 45.7 Å². The monoisotopic (exact) mass is 308 g/mol. The molecule has 0 aromatic carbocycles. The summed E-state index contributed by atoms with van der Waals surface area (Å²) < 4.78 is 7.04. The van der Waals surface area contributed by atoms with Crippen molar-refractivity contribution in [1.82, 2.24) is 14.7 Å². The van der Waals surface area contributed by atoms with Gasteiger partial charge in [-0.1, -0.05) is 0 Å². The summed E-state index contributed by atoms with van der Waals surface area (Å²) in [4.78, 5) is 14.7. The lowest BCUT2D eigenvalue weighted by molar-refractivity contribution is -0.136. The van der Waals surface area contributed by atoms with E-state index in [1.165, 1.54) is 0 Å². The summed E-state index contributed by atoms with van der Waals surface area (Å²) >= 11 is 0. The van der Waals surface area contributed by atoms with Crippen molar-refractivity contribution < 1.29 is 9.53 Å². The molecule has 22 heavy (non-hydrogen) atoms. The standard InChI is InChI=1S/C16H28N4O2/c1-11-15(12(2)19(3)18-11)10-20(7-8-22-4)16(21)13-5-6-14(17)9-13/h13-14H,5-10,17H2,1-4H3/t13-,14+/m0/s1. The number of nitrogens with zero attached hydrogens (tertiary/aromatic N) is 3. The molecule has 2 atom stereocenters. The number of rotatable bonds is 6. The van der Waals surface area contributed by atoms with E-state index in [-0.39, 0.29) is 17.9 Å². The molecular weight excluding hydrogens is 280 g/mol. The molecule has 0 saturated heterocycles. The van der Waals surface area contributed by atoms with E-state index < -0.39 is 0 Å². The molecule has 6 heteroatoms. The molecule has 0 unspecified atom stereocenters. The molecule has 2 rings (SSSR count). The van der Waals surface area contributed by atoms with Crippen LogP contribution in [0.3, 0.4) is 0 Å². The van der Waals surface area contributed by atoms with Crippen LogP contribution in [0, 0.1) is 19.8 Å². The molecule has 1 saturated carbocycles. The van der Waals surface area contributed by atoms with E-state index in [4.69, 9.17) is 10.5 Å². The summed E-state index contributed by atoms with van der Waals surface area (Å²) in [5, 5.41) is 4.44. The van der Waals surface area contributed by atoms with Gasteiger partial charge in [-0.15, -0.1) is 0 Å². The van der Waals surface area contributed by atoms with Gasteiger partial charge in [0.15, 0.2) is 0 Å². The van der Waals surface area contributed by atoms with Crippen LogP contribution in [0.5, 0.6) is 0 Å². The van der Waals surface area contributed by atoms with Gasteiger partial charge in [-0.3, -0.25) is 9.48 Å². The fraction of sp³-hybridized carbons (Fsp3) is 0.750. The van der Waals surface area contributed by atoms with Gasteiger partial charge in [0.1, 0.15) is 0 Å². The molecule has 1 heterocycles. The molecule has 2 N–H and O–H groups in total. The Kier molecular flexibility index (Phi) is 5.58. The first-order valence-electron chi connectivity index (χ1n) is 7.96. The first-order valence-corrected chi connectivity index (χ1v) is 7.96. The van der Waals surface area contributed by atoms with Crippen molar-refractivity contribution in [3.8, 4) is 0 Å². The van der Waals surface area contributed by atoms with E-state index in [1.807, 2.05) is 30.5 Å². The lowest BCUT2D eigenvalue weighted by Crippen LogP contribution is -2.38. The van der Waals surface area contributed by atoms with E-state index in [9.17, 15) is 4.79 Å². The van der Waals surface area contributed by atoms with Gasteiger partial charge in [0.2, 0.25) is 5.91 Å². The van der Waals surface area contributed by atoms with Crippen molar-refractivity contribution >= 4 is 5.91 Å². The molecule has 1 amide bonds. The highest BCUT2D eigenvalue weighted by atomic mass is 16.5. The predicted octanol–water partition coefficient (Wildman–Crippen LogP) is 1.14. The molecular formula is C16H28N4O2. The average molecular weight is 308 g/mol. The zero-order valence-electron chi connectivity index (χ0n) is 14.1. The molecule has 0 bridgehead atoms. The number of methoxy groups -OCH3 is 1. The Labute approximate surface area is 132 Å². The smallest absolute Gasteiger partial charge is 0.226 e. The highest BCUT2D eigenvalue weighted by Crippen LogP contribution is 2.27. The molecule has 6 nitrogen and oxygen atoms in total. The number of ether oxygens (including phenoxy) is 1. The van der Waals surface area contributed by atoms with Crippen LogP contribution >= 0.6 is 0 Å². The fourth-order valence-electron chi connectivity index (χ4n) is 3.20. The number of carbonyl (C=O) groups is 1. The topological polar surface area (TPSA) is 73.4 Å². The summed E-state index contributed by atoms with van der Waals surface area (Å²) in [5.74, 6) is 0.261. The molecule has 124 valence electrons. The van der Waals surface area contributed by atoms with Gasteiger partial charge >= 0.3 is 0 Å². The Morgan fingerprint density at radius 3 is 2.68 bits per heavy atom. The van der Waals surface area contributed by atoms with Gasteiger partial charge in [0, 0.05) is 50.5 Å². The maximum Gasteiger partial charge on any atom is 0.226 e. The van der Waals surface area contributed by atoms with Gasteiger partial charge in [-0.2, -0.15) is 5.10 Å². The van der Waals surface area contributed by atoms with Gasteiger partial charge in [0.25, 0.3) is 0 Å². The van der Waals surface area contributed by atoms with Gasteiger partial charge in [-0.05, 0) is 33.1 Å². The van der Waals surface area contributed by atoms with Crippen LogP contribution < -0.4 is 5.73 Å².